The normalized spacial score (nSPS) is 14.3. The molecule has 4 N–H and O–H groups in total. The Morgan fingerprint density at radius 2 is 1.85 bits per heavy atom. The number of amides is 2. The van der Waals surface area contributed by atoms with Crippen LogP contribution >= 0.6 is 11.3 Å². The van der Waals surface area contributed by atoms with Crippen molar-refractivity contribution in [3.05, 3.63) is 51.5 Å². The van der Waals surface area contributed by atoms with Crippen molar-refractivity contribution in [1.82, 2.24) is 20.5 Å². The van der Waals surface area contributed by atoms with E-state index >= 15 is 0 Å². The summed E-state index contributed by atoms with van der Waals surface area (Å²) >= 11 is 1.37. The highest BCUT2D eigenvalue weighted by Gasteiger charge is 2.12. The van der Waals surface area contributed by atoms with Crippen LogP contribution in [0.15, 0.2) is 29.6 Å². The van der Waals surface area contributed by atoms with Gasteiger partial charge in [-0.3, -0.25) is 9.59 Å². The molecule has 1 aromatic heterocycles. The van der Waals surface area contributed by atoms with E-state index in [2.05, 4.69) is 20.5 Å². The van der Waals surface area contributed by atoms with E-state index in [0.717, 1.165) is 30.2 Å². The number of thiazole rings is 1. The molecule has 8 heteroatoms. The maximum atomic E-state index is 12.2. The molecule has 1 aromatic carbocycles. The van der Waals surface area contributed by atoms with Crippen molar-refractivity contribution >= 4 is 23.2 Å². The fraction of sp³-hybridized carbons (Fsp3) is 0.421. The number of aromatic nitrogens is 1. The van der Waals surface area contributed by atoms with Crippen molar-refractivity contribution in [2.75, 3.05) is 26.2 Å². The molecule has 0 aliphatic carbocycles. The first-order chi connectivity index (χ1) is 13.2. The summed E-state index contributed by atoms with van der Waals surface area (Å²) < 4.78 is 0. The number of nitrogens with one attached hydrogen (secondary N) is 2. The lowest BCUT2D eigenvalue weighted by Gasteiger charge is -2.14. The topological polar surface area (TPSA) is 100 Å². The zero-order valence-corrected chi connectivity index (χ0v) is 16.1. The van der Waals surface area contributed by atoms with Gasteiger partial charge in [-0.05, 0) is 43.6 Å². The maximum Gasteiger partial charge on any atom is 0.271 e. The Morgan fingerprint density at radius 3 is 2.52 bits per heavy atom. The maximum absolute atomic E-state index is 12.2. The van der Waals surface area contributed by atoms with Crippen LogP contribution in [0, 0.1) is 0 Å². The van der Waals surface area contributed by atoms with Crippen molar-refractivity contribution in [3.8, 4) is 0 Å². The predicted octanol–water partition coefficient (Wildman–Crippen LogP) is 1.36. The lowest BCUT2D eigenvalue weighted by atomic mass is 10.1. The van der Waals surface area contributed by atoms with Gasteiger partial charge in [0.2, 0.25) is 0 Å². The van der Waals surface area contributed by atoms with E-state index in [9.17, 15) is 9.59 Å². The summed E-state index contributed by atoms with van der Waals surface area (Å²) in [4.78, 5) is 30.8. The number of hydrogen-bond donors (Lipinski definition) is 3. The number of benzene rings is 1. The smallest absolute Gasteiger partial charge is 0.271 e. The van der Waals surface area contributed by atoms with Gasteiger partial charge in [0.25, 0.3) is 11.8 Å². The third-order valence-corrected chi connectivity index (χ3v) is 5.41. The minimum absolute atomic E-state index is 0.0680. The van der Waals surface area contributed by atoms with Gasteiger partial charge in [-0.2, -0.15) is 0 Å². The van der Waals surface area contributed by atoms with Crippen LogP contribution in [0.3, 0.4) is 0 Å². The average molecular weight is 388 g/mol. The molecule has 1 fully saturated rings. The Bertz CT molecular complexity index is 769. The fourth-order valence-electron chi connectivity index (χ4n) is 2.99. The van der Waals surface area contributed by atoms with Crippen LogP contribution in [0.25, 0.3) is 0 Å². The van der Waals surface area contributed by atoms with Gasteiger partial charge in [-0.1, -0.05) is 12.1 Å². The van der Waals surface area contributed by atoms with E-state index in [1.807, 2.05) is 12.1 Å². The molecular weight excluding hydrogens is 362 g/mol. The zero-order valence-electron chi connectivity index (χ0n) is 15.2. The number of likely N-dealkylation sites (tertiary alicyclic amines) is 1. The molecule has 1 aliphatic rings. The monoisotopic (exact) mass is 387 g/mol. The first kappa shape index (κ1) is 19.5. The van der Waals surface area contributed by atoms with Gasteiger partial charge in [0, 0.05) is 37.1 Å². The second-order valence-corrected chi connectivity index (χ2v) is 7.46. The lowest BCUT2D eigenvalue weighted by molar-refractivity contribution is 0.0938. The molecule has 2 amide bonds. The summed E-state index contributed by atoms with van der Waals surface area (Å²) in [5, 5.41) is 8.22. The van der Waals surface area contributed by atoms with Crippen LogP contribution in [0.2, 0.25) is 0 Å². The van der Waals surface area contributed by atoms with E-state index in [1.54, 1.807) is 17.5 Å². The summed E-state index contributed by atoms with van der Waals surface area (Å²) in [5.74, 6) is -0.295. The summed E-state index contributed by atoms with van der Waals surface area (Å²) in [5.41, 5.74) is 7.44. The predicted molar refractivity (Wildman–Crippen MR) is 106 cm³/mol. The van der Waals surface area contributed by atoms with E-state index in [-0.39, 0.29) is 11.8 Å². The first-order valence-electron chi connectivity index (χ1n) is 9.18. The number of nitrogens with two attached hydrogens (primary N) is 1. The Kier molecular flexibility index (Phi) is 6.92. The minimum Gasteiger partial charge on any atom is -0.351 e. The molecule has 0 bridgehead atoms. The highest BCUT2D eigenvalue weighted by molar-refractivity contribution is 7.09. The van der Waals surface area contributed by atoms with Crippen LogP contribution in [-0.2, 0) is 13.1 Å². The third kappa shape index (κ3) is 5.59. The van der Waals surface area contributed by atoms with Crippen LogP contribution in [0.5, 0.6) is 0 Å². The SMILES string of the molecule is NCc1nc(C(=O)NCc2ccc(C(=O)NCCN3CCCC3)cc2)cs1. The van der Waals surface area contributed by atoms with E-state index in [4.69, 9.17) is 5.73 Å². The molecule has 2 aromatic rings. The molecule has 2 heterocycles. The molecular formula is C19H25N5O2S. The number of carbonyl (C=O) groups is 2. The second kappa shape index (κ2) is 9.59. The van der Waals surface area contributed by atoms with Crippen molar-refractivity contribution in [3.63, 3.8) is 0 Å². The Morgan fingerprint density at radius 1 is 1.11 bits per heavy atom. The third-order valence-electron chi connectivity index (χ3n) is 4.54. The second-order valence-electron chi connectivity index (χ2n) is 6.51. The number of hydrogen-bond acceptors (Lipinski definition) is 6. The largest absolute Gasteiger partial charge is 0.351 e. The Labute approximate surface area is 163 Å². The van der Waals surface area contributed by atoms with E-state index in [1.165, 1.54) is 24.2 Å². The number of nitrogens with zero attached hydrogens (tertiary/aromatic N) is 2. The standard InChI is InChI=1S/C19H25N5O2S/c20-11-17-23-16(13-27-17)19(26)22-12-14-3-5-15(6-4-14)18(25)21-7-10-24-8-1-2-9-24/h3-6,13H,1-2,7-12,20H2,(H,21,25)(H,22,26). The highest BCUT2D eigenvalue weighted by Crippen LogP contribution is 2.10. The van der Waals surface area contributed by atoms with Crippen LogP contribution in [-0.4, -0.2) is 47.9 Å². The Balaban J connectivity index is 1.43. The van der Waals surface area contributed by atoms with Gasteiger partial charge in [0.05, 0.1) is 0 Å². The van der Waals surface area contributed by atoms with Gasteiger partial charge < -0.3 is 21.3 Å². The number of carbonyl (C=O) groups excluding carboxylic acids is 2. The van der Waals surface area contributed by atoms with Gasteiger partial charge in [0.15, 0.2) is 0 Å². The fourth-order valence-corrected chi connectivity index (χ4v) is 3.65. The molecule has 144 valence electrons. The summed E-state index contributed by atoms with van der Waals surface area (Å²) in [7, 11) is 0. The molecule has 0 saturated carbocycles. The summed E-state index contributed by atoms with van der Waals surface area (Å²) in [6, 6.07) is 7.26. The molecule has 3 rings (SSSR count). The van der Waals surface area contributed by atoms with Crippen LogP contribution < -0.4 is 16.4 Å². The lowest BCUT2D eigenvalue weighted by Crippen LogP contribution is -2.33. The van der Waals surface area contributed by atoms with Gasteiger partial charge >= 0.3 is 0 Å². The molecule has 1 saturated heterocycles. The van der Waals surface area contributed by atoms with Crippen LogP contribution in [0.4, 0.5) is 0 Å². The van der Waals surface area contributed by atoms with Crippen molar-refractivity contribution < 1.29 is 9.59 Å². The quantitative estimate of drug-likeness (QED) is 0.635. The molecule has 0 spiro atoms. The molecule has 27 heavy (non-hydrogen) atoms. The average Bonchev–Trinajstić information content (AvgIpc) is 3.38. The molecule has 0 atom stereocenters. The minimum atomic E-state index is -0.227. The summed E-state index contributed by atoms with van der Waals surface area (Å²) in [6.07, 6.45) is 2.51. The highest BCUT2D eigenvalue weighted by atomic mass is 32.1. The first-order valence-corrected chi connectivity index (χ1v) is 10.1. The van der Waals surface area contributed by atoms with E-state index < -0.39 is 0 Å². The van der Waals surface area contributed by atoms with Gasteiger partial charge in [-0.15, -0.1) is 11.3 Å². The van der Waals surface area contributed by atoms with Crippen molar-refractivity contribution in [2.24, 2.45) is 5.73 Å². The molecule has 1 aliphatic heterocycles. The van der Waals surface area contributed by atoms with E-state index in [0.29, 0.717) is 30.9 Å². The van der Waals surface area contributed by atoms with Crippen molar-refractivity contribution in [2.45, 2.75) is 25.9 Å². The van der Waals surface area contributed by atoms with Crippen molar-refractivity contribution in [1.29, 1.82) is 0 Å². The molecule has 0 radical (unpaired) electrons. The molecule has 7 nitrogen and oxygen atoms in total. The van der Waals surface area contributed by atoms with Gasteiger partial charge in [0.1, 0.15) is 10.7 Å². The number of rotatable bonds is 8. The van der Waals surface area contributed by atoms with Gasteiger partial charge in [-0.25, -0.2) is 4.98 Å². The summed E-state index contributed by atoms with van der Waals surface area (Å²) in [6.45, 7) is 4.54. The Hall–Kier alpha value is -2.29. The van der Waals surface area contributed by atoms with Crippen LogP contribution in [0.1, 0.15) is 44.3 Å². The zero-order chi connectivity index (χ0) is 19.1. The molecule has 0 unspecified atom stereocenters.